The number of carboxylic acids is 1. The molecule has 2 amide bonds. The molecule has 4 rings (SSSR count). The van der Waals surface area contributed by atoms with Gasteiger partial charge in [-0.15, -0.1) is 0 Å². The Bertz CT molecular complexity index is 1050. The zero-order valence-electron chi connectivity index (χ0n) is 19.0. The number of ether oxygens (including phenoxy) is 1. The maximum absolute atomic E-state index is 14.9. The molecule has 1 saturated heterocycles. The number of hydrogen-bond donors (Lipinski definition) is 1. The first-order chi connectivity index (χ1) is 16.3. The monoisotopic (exact) mass is 474 g/mol. The van der Waals surface area contributed by atoms with E-state index in [2.05, 4.69) is 9.97 Å². The summed E-state index contributed by atoms with van der Waals surface area (Å²) in [6, 6.07) is 5.31. The van der Waals surface area contributed by atoms with Gasteiger partial charge in [0.25, 0.3) is 5.92 Å². The van der Waals surface area contributed by atoms with Gasteiger partial charge in [-0.1, -0.05) is 12.1 Å². The third-order valence-electron chi connectivity index (χ3n) is 6.32. The number of urea groups is 1. The van der Waals surface area contributed by atoms with Gasteiger partial charge < -0.3 is 19.6 Å². The number of methoxy groups -OCH3 is 1. The summed E-state index contributed by atoms with van der Waals surface area (Å²) in [4.78, 5) is 35.4. The van der Waals surface area contributed by atoms with Crippen LogP contribution in [0.2, 0.25) is 0 Å². The second kappa shape index (κ2) is 9.90. The van der Waals surface area contributed by atoms with E-state index in [0.29, 0.717) is 17.1 Å². The SMILES string of the molecule is COc1ccc([C@H](CC(=O)O)N2CCN(CC(F)(F)Cc3ccc4c(n3)CCCC4)C2=O)cn1. The number of nitrogens with zero attached hydrogens (tertiary/aromatic N) is 4. The highest BCUT2D eigenvalue weighted by Crippen LogP contribution is 2.31. The summed E-state index contributed by atoms with van der Waals surface area (Å²) in [6.45, 7) is -0.510. The minimum absolute atomic E-state index is 0.0890. The summed E-state index contributed by atoms with van der Waals surface area (Å²) in [5.41, 5.74) is 2.85. The number of pyridine rings is 2. The summed E-state index contributed by atoms with van der Waals surface area (Å²) < 4.78 is 34.9. The van der Waals surface area contributed by atoms with E-state index in [1.807, 2.05) is 6.07 Å². The first-order valence-corrected chi connectivity index (χ1v) is 11.4. The maximum atomic E-state index is 14.9. The van der Waals surface area contributed by atoms with Gasteiger partial charge in [-0.3, -0.25) is 9.78 Å². The van der Waals surface area contributed by atoms with Gasteiger partial charge in [0.1, 0.15) is 0 Å². The number of carbonyl (C=O) groups excluding carboxylic acids is 1. The highest BCUT2D eigenvalue weighted by atomic mass is 19.3. The molecule has 0 aromatic carbocycles. The number of alkyl halides is 2. The van der Waals surface area contributed by atoms with Gasteiger partial charge in [-0.2, -0.15) is 0 Å². The van der Waals surface area contributed by atoms with Crippen molar-refractivity contribution in [1.29, 1.82) is 0 Å². The van der Waals surface area contributed by atoms with Crippen LogP contribution >= 0.6 is 0 Å². The summed E-state index contributed by atoms with van der Waals surface area (Å²) in [7, 11) is 1.46. The van der Waals surface area contributed by atoms with Crippen LogP contribution in [-0.2, 0) is 24.1 Å². The van der Waals surface area contributed by atoms with Gasteiger partial charge in [0, 0.05) is 36.7 Å². The second-order valence-electron chi connectivity index (χ2n) is 8.79. The Morgan fingerprint density at radius 1 is 1.21 bits per heavy atom. The molecule has 34 heavy (non-hydrogen) atoms. The number of halogens is 2. The first kappa shape index (κ1) is 23.8. The molecule has 0 radical (unpaired) electrons. The van der Waals surface area contributed by atoms with Crippen molar-refractivity contribution in [2.24, 2.45) is 0 Å². The Morgan fingerprint density at radius 2 is 2.00 bits per heavy atom. The normalized spacial score (nSPS) is 17.0. The summed E-state index contributed by atoms with van der Waals surface area (Å²) in [5, 5.41) is 9.37. The number of fused-ring (bicyclic) bond motifs is 1. The molecule has 2 aromatic rings. The van der Waals surface area contributed by atoms with Crippen molar-refractivity contribution in [3.8, 4) is 5.88 Å². The van der Waals surface area contributed by atoms with E-state index in [1.54, 1.807) is 18.2 Å². The molecule has 10 heteroatoms. The average Bonchev–Trinajstić information content (AvgIpc) is 3.16. The van der Waals surface area contributed by atoms with Crippen LogP contribution in [0.25, 0.3) is 0 Å². The van der Waals surface area contributed by atoms with E-state index in [0.717, 1.165) is 41.8 Å². The minimum atomic E-state index is -3.16. The number of rotatable bonds is 9. The van der Waals surface area contributed by atoms with Crippen LogP contribution in [0.1, 0.15) is 47.8 Å². The Balaban J connectivity index is 1.45. The molecule has 0 spiro atoms. The molecule has 2 aromatic heterocycles. The van der Waals surface area contributed by atoms with Crippen molar-refractivity contribution in [3.63, 3.8) is 0 Å². The Hall–Kier alpha value is -3.30. The molecule has 182 valence electrons. The summed E-state index contributed by atoms with van der Waals surface area (Å²) in [6.07, 6.45) is 4.37. The number of aromatic nitrogens is 2. The fourth-order valence-corrected chi connectivity index (χ4v) is 4.65. The molecule has 3 heterocycles. The van der Waals surface area contributed by atoms with Crippen molar-refractivity contribution in [2.45, 2.75) is 50.5 Å². The lowest BCUT2D eigenvalue weighted by atomic mass is 9.95. The van der Waals surface area contributed by atoms with Crippen molar-refractivity contribution in [1.82, 2.24) is 19.8 Å². The smallest absolute Gasteiger partial charge is 0.320 e. The molecule has 1 atom stereocenters. The van der Waals surface area contributed by atoms with E-state index in [-0.39, 0.29) is 19.5 Å². The predicted octanol–water partition coefficient (Wildman–Crippen LogP) is 3.50. The van der Waals surface area contributed by atoms with Gasteiger partial charge in [0.05, 0.1) is 32.5 Å². The largest absolute Gasteiger partial charge is 0.481 e. The standard InChI is InChI=1S/C24H28F2N4O4/c1-34-21-9-7-17(14-27-21)20(12-22(31)32)30-11-10-29(23(30)33)15-24(25,26)13-18-8-6-16-4-2-3-5-19(16)28-18/h6-9,14,20H,2-5,10-13,15H2,1H3,(H,31,32)/t20-/m0/s1. The van der Waals surface area contributed by atoms with Gasteiger partial charge in [-0.25, -0.2) is 18.6 Å². The van der Waals surface area contributed by atoms with E-state index in [1.165, 1.54) is 18.2 Å². The molecule has 0 bridgehead atoms. The van der Waals surface area contributed by atoms with E-state index in [9.17, 15) is 23.5 Å². The van der Waals surface area contributed by atoms with E-state index >= 15 is 0 Å². The third kappa shape index (κ3) is 5.43. The van der Waals surface area contributed by atoms with E-state index in [4.69, 9.17) is 4.74 Å². The lowest BCUT2D eigenvalue weighted by Crippen LogP contribution is -2.42. The zero-order chi connectivity index (χ0) is 24.3. The number of carboxylic acid groups (broad SMARTS) is 1. The molecular weight excluding hydrogens is 446 g/mol. The van der Waals surface area contributed by atoms with Crippen LogP contribution in [0.5, 0.6) is 5.88 Å². The van der Waals surface area contributed by atoms with Gasteiger partial charge in [0.2, 0.25) is 5.88 Å². The molecule has 1 aliphatic heterocycles. The predicted molar refractivity (Wildman–Crippen MR) is 119 cm³/mol. The van der Waals surface area contributed by atoms with Crippen LogP contribution < -0.4 is 4.74 Å². The van der Waals surface area contributed by atoms with Crippen LogP contribution in [0.4, 0.5) is 13.6 Å². The number of hydrogen-bond acceptors (Lipinski definition) is 5. The average molecular weight is 475 g/mol. The highest BCUT2D eigenvalue weighted by Gasteiger charge is 2.41. The van der Waals surface area contributed by atoms with Crippen molar-refractivity contribution >= 4 is 12.0 Å². The van der Waals surface area contributed by atoms with Crippen molar-refractivity contribution < 1.29 is 28.2 Å². The van der Waals surface area contributed by atoms with Crippen molar-refractivity contribution in [2.75, 3.05) is 26.7 Å². The number of amides is 2. The quantitative estimate of drug-likeness (QED) is 0.598. The van der Waals surface area contributed by atoms with E-state index < -0.39 is 36.9 Å². The molecule has 1 aliphatic carbocycles. The Labute approximate surface area is 196 Å². The highest BCUT2D eigenvalue weighted by molar-refractivity contribution is 5.78. The molecule has 0 saturated carbocycles. The third-order valence-corrected chi connectivity index (χ3v) is 6.32. The van der Waals surface area contributed by atoms with Crippen LogP contribution in [0.3, 0.4) is 0 Å². The van der Waals surface area contributed by atoms with Gasteiger partial charge >= 0.3 is 12.0 Å². The lowest BCUT2D eigenvalue weighted by molar-refractivity contribution is -0.138. The summed E-state index contributed by atoms with van der Waals surface area (Å²) >= 11 is 0. The van der Waals surface area contributed by atoms with Gasteiger partial charge in [-0.05, 0) is 42.9 Å². The Kier molecular flexibility index (Phi) is 6.95. The molecule has 2 aliphatic rings. The molecule has 8 nitrogen and oxygen atoms in total. The minimum Gasteiger partial charge on any atom is -0.481 e. The molecule has 1 N–H and O–H groups in total. The molecule has 0 unspecified atom stereocenters. The van der Waals surface area contributed by atoms with Crippen LogP contribution in [-0.4, -0.2) is 69.5 Å². The fourth-order valence-electron chi connectivity index (χ4n) is 4.65. The fraction of sp³-hybridized carbons (Fsp3) is 0.500. The number of aryl methyl sites for hydroxylation is 2. The summed E-state index contributed by atoms with van der Waals surface area (Å²) in [5.74, 6) is -3.91. The van der Waals surface area contributed by atoms with Gasteiger partial charge in [0.15, 0.2) is 0 Å². The molecular formula is C24H28F2N4O4. The molecule has 1 fully saturated rings. The van der Waals surface area contributed by atoms with Crippen LogP contribution in [0, 0.1) is 0 Å². The number of aliphatic carboxylic acids is 1. The van der Waals surface area contributed by atoms with Crippen molar-refractivity contribution in [3.05, 3.63) is 53.0 Å². The number of carbonyl (C=O) groups is 2. The topological polar surface area (TPSA) is 95.9 Å². The maximum Gasteiger partial charge on any atom is 0.320 e. The second-order valence-corrected chi connectivity index (χ2v) is 8.79. The van der Waals surface area contributed by atoms with Crippen LogP contribution in [0.15, 0.2) is 30.5 Å². The zero-order valence-corrected chi connectivity index (χ0v) is 19.0. The lowest BCUT2D eigenvalue weighted by Gasteiger charge is -2.28. The Morgan fingerprint density at radius 3 is 2.71 bits per heavy atom. The first-order valence-electron chi connectivity index (χ1n) is 11.4.